The summed E-state index contributed by atoms with van der Waals surface area (Å²) in [4.78, 5) is 28.5. The van der Waals surface area contributed by atoms with E-state index in [0.29, 0.717) is 11.3 Å². The fourth-order valence-corrected chi connectivity index (χ4v) is 3.88. The molecule has 35 heavy (non-hydrogen) atoms. The van der Waals surface area contributed by atoms with Gasteiger partial charge in [0.2, 0.25) is 5.95 Å². The molecule has 1 aliphatic carbocycles. The smallest absolute Gasteiger partial charge is 0.274 e. The van der Waals surface area contributed by atoms with Crippen molar-refractivity contribution in [2.75, 3.05) is 5.32 Å². The van der Waals surface area contributed by atoms with Crippen LogP contribution in [0.2, 0.25) is 0 Å². The molecule has 3 aromatic rings. The van der Waals surface area contributed by atoms with E-state index in [1.165, 1.54) is 46.5 Å². The van der Waals surface area contributed by atoms with Gasteiger partial charge in [-0.3, -0.25) is 9.59 Å². The Labute approximate surface area is 197 Å². The van der Waals surface area contributed by atoms with Crippen LogP contribution in [0.4, 0.5) is 29.2 Å². The van der Waals surface area contributed by atoms with Gasteiger partial charge in [-0.25, -0.2) is 17.6 Å². The Hall–Kier alpha value is -3.95. The molecule has 0 fully saturated rings. The average Bonchev–Trinajstić information content (AvgIpc) is 2.81. The van der Waals surface area contributed by atoms with Crippen molar-refractivity contribution in [1.29, 1.82) is 0 Å². The lowest BCUT2D eigenvalue weighted by molar-refractivity contribution is 0.247. The van der Waals surface area contributed by atoms with E-state index in [2.05, 4.69) is 10.3 Å². The number of hydrogen-bond donors (Lipinski definition) is 1. The Morgan fingerprint density at radius 1 is 1.09 bits per heavy atom. The maximum absolute atomic E-state index is 14.8. The largest absolute Gasteiger partial charge is 0.325 e. The van der Waals surface area contributed by atoms with Gasteiger partial charge in [0.05, 0.1) is 5.56 Å². The molecule has 1 aromatic carbocycles. The number of nitrogens with one attached hydrogen (secondary N) is 1. The maximum atomic E-state index is 14.8. The first-order chi connectivity index (χ1) is 16.6. The zero-order valence-corrected chi connectivity index (χ0v) is 19.2. The van der Waals surface area contributed by atoms with Crippen LogP contribution in [-0.2, 0) is 13.6 Å². The number of anilines is 2. The Kier molecular flexibility index (Phi) is 6.47. The monoisotopic (exact) mass is 486 g/mol. The minimum atomic E-state index is -2.12. The molecular weight excluding hydrogens is 464 g/mol. The molecule has 0 saturated carbocycles. The van der Waals surface area contributed by atoms with Gasteiger partial charge in [-0.2, -0.15) is 4.98 Å². The molecule has 0 radical (unpaired) electrons. The van der Waals surface area contributed by atoms with Gasteiger partial charge in [0.15, 0.2) is 17.8 Å². The van der Waals surface area contributed by atoms with Gasteiger partial charge in [-0.1, -0.05) is 6.92 Å². The second-order valence-electron chi connectivity index (χ2n) is 8.43. The number of halogens is 4. The third-order valence-electron chi connectivity index (χ3n) is 6.02. The first-order valence-corrected chi connectivity index (χ1v) is 10.8. The molecule has 2 heterocycles. The van der Waals surface area contributed by atoms with Crippen molar-refractivity contribution in [1.82, 2.24) is 14.1 Å². The summed E-state index contributed by atoms with van der Waals surface area (Å²) in [7, 11) is 1.55. The quantitative estimate of drug-likeness (QED) is 0.523. The highest BCUT2D eigenvalue weighted by Crippen LogP contribution is 2.35. The van der Waals surface area contributed by atoms with E-state index < -0.39 is 40.7 Å². The Balaban J connectivity index is 1.75. The summed E-state index contributed by atoms with van der Waals surface area (Å²) >= 11 is 0. The van der Waals surface area contributed by atoms with Crippen molar-refractivity contribution in [2.45, 2.75) is 26.6 Å². The minimum absolute atomic E-state index is 0.0260. The molecule has 2 unspecified atom stereocenters. The summed E-state index contributed by atoms with van der Waals surface area (Å²) in [6, 6.07) is 6.98. The van der Waals surface area contributed by atoms with Gasteiger partial charge >= 0.3 is 0 Å². The molecular formula is C25H22F4N4O2. The highest BCUT2D eigenvalue weighted by atomic mass is 19.2. The Morgan fingerprint density at radius 3 is 2.57 bits per heavy atom. The summed E-state index contributed by atoms with van der Waals surface area (Å²) in [6.07, 6.45) is 1.76. The van der Waals surface area contributed by atoms with Crippen molar-refractivity contribution < 1.29 is 17.6 Å². The minimum Gasteiger partial charge on any atom is -0.325 e. The fourth-order valence-electron chi connectivity index (χ4n) is 3.88. The van der Waals surface area contributed by atoms with Crippen LogP contribution >= 0.6 is 0 Å². The molecule has 1 N–H and O–H groups in total. The predicted octanol–water partition coefficient (Wildman–Crippen LogP) is 4.86. The topological polar surface area (TPSA) is 68.9 Å². The number of hydrogen-bond acceptors (Lipinski definition) is 4. The van der Waals surface area contributed by atoms with Crippen LogP contribution in [0.3, 0.4) is 0 Å². The van der Waals surface area contributed by atoms with Crippen molar-refractivity contribution in [3.8, 4) is 11.1 Å². The summed E-state index contributed by atoms with van der Waals surface area (Å²) in [5, 5.41) is 2.96. The molecule has 0 amide bonds. The highest BCUT2D eigenvalue weighted by Gasteiger charge is 2.31. The van der Waals surface area contributed by atoms with Crippen LogP contribution in [0.25, 0.3) is 11.1 Å². The number of rotatable bonds is 5. The van der Waals surface area contributed by atoms with E-state index in [1.807, 2.05) is 0 Å². The van der Waals surface area contributed by atoms with Gasteiger partial charge in [0.25, 0.3) is 11.1 Å². The lowest BCUT2D eigenvalue weighted by Gasteiger charge is -2.25. The number of aryl methyl sites for hydroxylation is 2. The van der Waals surface area contributed by atoms with E-state index >= 15 is 0 Å². The molecule has 182 valence electrons. The molecule has 0 spiro atoms. The van der Waals surface area contributed by atoms with Crippen LogP contribution in [0.15, 0.2) is 75.6 Å². The summed E-state index contributed by atoms with van der Waals surface area (Å²) < 4.78 is 59.2. The number of alkyl halides is 1. The van der Waals surface area contributed by atoms with E-state index in [1.54, 1.807) is 26.2 Å². The second-order valence-corrected chi connectivity index (χ2v) is 8.43. The van der Waals surface area contributed by atoms with Crippen LogP contribution in [0.1, 0.15) is 12.5 Å². The molecule has 0 saturated heterocycles. The summed E-state index contributed by atoms with van der Waals surface area (Å²) in [5.41, 5.74) is 0.321. The van der Waals surface area contributed by atoms with Crippen molar-refractivity contribution in [2.24, 2.45) is 13.0 Å². The zero-order chi connectivity index (χ0) is 25.4. The molecule has 1 aliphatic rings. The highest BCUT2D eigenvalue weighted by molar-refractivity contribution is 5.72. The molecule has 6 nitrogen and oxygen atoms in total. The Bertz CT molecular complexity index is 1490. The van der Waals surface area contributed by atoms with Gasteiger partial charge in [0, 0.05) is 49.2 Å². The van der Waals surface area contributed by atoms with Crippen molar-refractivity contribution >= 4 is 11.6 Å². The molecule has 0 aliphatic heterocycles. The normalized spacial score (nSPS) is 18.0. The SMILES string of the molecule is Cc1cc(F)c(-c2cccn(C)c2=O)cc1Nc1nc(=O)ccn1CC1=CC(F)=C(F)C(F)C1C. The fraction of sp³-hybridized carbons (Fsp3) is 0.240. The van der Waals surface area contributed by atoms with E-state index in [4.69, 9.17) is 0 Å². The third-order valence-corrected chi connectivity index (χ3v) is 6.02. The predicted molar refractivity (Wildman–Crippen MR) is 125 cm³/mol. The third kappa shape index (κ3) is 4.68. The summed E-state index contributed by atoms with van der Waals surface area (Å²) in [6.45, 7) is 2.98. The zero-order valence-electron chi connectivity index (χ0n) is 19.2. The van der Waals surface area contributed by atoms with E-state index in [9.17, 15) is 27.2 Å². The van der Waals surface area contributed by atoms with E-state index in [0.717, 1.165) is 6.08 Å². The average molecular weight is 486 g/mol. The molecule has 4 rings (SSSR count). The molecule has 2 atom stereocenters. The van der Waals surface area contributed by atoms with Crippen LogP contribution in [-0.4, -0.2) is 20.3 Å². The molecule has 2 aromatic heterocycles. The van der Waals surface area contributed by atoms with Crippen LogP contribution < -0.4 is 16.4 Å². The number of allylic oxidation sites excluding steroid dienone is 4. The van der Waals surface area contributed by atoms with Gasteiger partial charge in [-0.15, -0.1) is 0 Å². The van der Waals surface area contributed by atoms with Crippen molar-refractivity contribution in [3.63, 3.8) is 0 Å². The Morgan fingerprint density at radius 2 is 1.83 bits per heavy atom. The van der Waals surface area contributed by atoms with Gasteiger partial charge in [0.1, 0.15) is 5.82 Å². The van der Waals surface area contributed by atoms with E-state index in [-0.39, 0.29) is 29.2 Å². The lowest BCUT2D eigenvalue weighted by Crippen LogP contribution is -2.24. The van der Waals surface area contributed by atoms with Gasteiger partial charge < -0.3 is 14.5 Å². The first-order valence-electron chi connectivity index (χ1n) is 10.8. The first kappa shape index (κ1) is 24.2. The molecule has 10 heteroatoms. The second kappa shape index (κ2) is 9.36. The summed E-state index contributed by atoms with van der Waals surface area (Å²) in [5.74, 6) is -4.24. The van der Waals surface area contributed by atoms with Crippen LogP contribution in [0.5, 0.6) is 0 Å². The maximum Gasteiger partial charge on any atom is 0.274 e. The number of nitrogens with zero attached hydrogens (tertiary/aromatic N) is 3. The number of benzene rings is 1. The number of aromatic nitrogens is 3. The lowest BCUT2D eigenvalue weighted by atomic mass is 9.90. The molecule has 0 bridgehead atoms. The standard InChI is InChI=1S/C25H22F4N4O2/c1-13-9-18(26)17(16-5-4-7-32(3)24(16)35)11-20(13)30-25-31-21(34)6-8-33(25)12-15-10-19(27)23(29)22(28)14(15)2/h4-11,14,22H,12H2,1-3H3,(H,30,31,34). The van der Waals surface area contributed by atoms with Crippen LogP contribution in [0, 0.1) is 18.7 Å². The van der Waals surface area contributed by atoms with Crippen molar-refractivity contribution in [3.05, 3.63) is 98.1 Å². The number of pyridine rings is 1. The van der Waals surface area contributed by atoms with Gasteiger partial charge in [-0.05, 0) is 48.4 Å².